The van der Waals surface area contributed by atoms with Gasteiger partial charge in [-0.2, -0.15) is 0 Å². The van der Waals surface area contributed by atoms with Gasteiger partial charge in [0, 0.05) is 6.04 Å². The molecule has 1 aliphatic heterocycles. The first-order chi connectivity index (χ1) is 7.49. The Morgan fingerprint density at radius 1 is 1.44 bits per heavy atom. The van der Waals surface area contributed by atoms with Gasteiger partial charge in [0.05, 0.1) is 12.6 Å². The SMILES string of the molecule is BC1OC(COPO)C(O)N(C(C)C)C1O. The van der Waals surface area contributed by atoms with Crippen molar-refractivity contribution < 1.29 is 24.4 Å². The molecule has 94 valence electrons. The Balaban J connectivity index is 2.68. The largest absolute Gasteiger partial charge is 0.376 e. The van der Waals surface area contributed by atoms with Gasteiger partial charge in [-0.25, -0.2) is 4.90 Å². The van der Waals surface area contributed by atoms with Crippen LogP contribution in [0.2, 0.25) is 0 Å². The number of morpholine rings is 1. The zero-order valence-electron chi connectivity index (χ0n) is 9.70. The molecule has 0 saturated carbocycles. The van der Waals surface area contributed by atoms with E-state index >= 15 is 0 Å². The highest BCUT2D eigenvalue weighted by Crippen LogP contribution is 2.23. The lowest BCUT2D eigenvalue weighted by atomic mass is 9.94. The predicted octanol–water partition coefficient (Wildman–Crippen LogP) is -1.79. The Morgan fingerprint density at radius 3 is 2.56 bits per heavy atom. The molecule has 0 aliphatic carbocycles. The van der Waals surface area contributed by atoms with Gasteiger partial charge in [0.25, 0.3) is 0 Å². The first-order valence-electron chi connectivity index (χ1n) is 5.29. The third-order valence-corrected chi connectivity index (χ3v) is 2.96. The Morgan fingerprint density at radius 2 is 2.06 bits per heavy atom. The molecule has 0 spiro atoms. The van der Waals surface area contributed by atoms with Crippen LogP contribution in [0, 0.1) is 0 Å². The summed E-state index contributed by atoms with van der Waals surface area (Å²) in [6, 6.07) is -0.406. The molecule has 1 fully saturated rings. The number of hydrogen-bond acceptors (Lipinski definition) is 6. The van der Waals surface area contributed by atoms with Gasteiger partial charge in [-0.1, -0.05) is 0 Å². The van der Waals surface area contributed by atoms with Crippen molar-refractivity contribution in [1.29, 1.82) is 0 Å². The van der Waals surface area contributed by atoms with E-state index in [-0.39, 0.29) is 12.6 Å². The molecular weight excluding hydrogens is 232 g/mol. The van der Waals surface area contributed by atoms with Crippen molar-refractivity contribution in [3.05, 3.63) is 0 Å². The fourth-order valence-electron chi connectivity index (χ4n) is 1.86. The summed E-state index contributed by atoms with van der Waals surface area (Å²) < 4.78 is 10.3. The summed E-state index contributed by atoms with van der Waals surface area (Å²) in [5.41, 5.74) is 0. The van der Waals surface area contributed by atoms with Gasteiger partial charge in [0.15, 0.2) is 9.03 Å². The third-order valence-electron chi connectivity index (χ3n) is 2.66. The topological polar surface area (TPSA) is 82.4 Å². The monoisotopic (exact) mass is 251 g/mol. The van der Waals surface area contributed by atoms with E-state index in [1.165, 1.54) is 0 Å². The van der Waals surface area contributed by atoms with E-state index in [2.05, 4.69) is 0 Å². The van der Waals surface area contributed by atoms with Crippen molar-refractivity contribution in [2.24, 2.45) is 0 Å². The number of hydrogen-bond donors (Lipinski definition) is 3. The highest BCUT2D eigenvalue weighted by atomic mass is 31.1. The zero-order valence-corrected chi connectivity index (χ0v) is 10.7. The van der Waals surface area contributed by atoms with Crippen LogP contribution in [0.5, 0.6) is 0 Å². The van der Waals surface area contributed by atoms with Gasteiger partial charge in [-0.05, 0) is 13.8 Å². The van der Waals surface area contributed by atoms with Gasteiger partial charge >= 0.3 is 0 Å². The normalized spacial score (nSPS) is 37.6. The Bertz CT molecular complexity index is 223. The van der Waals surface area contributed by atoms with Crippen molar-refractivity contribution in [2.45, 2.75) is 44.5 Å². The summed E-state index contributed by atoms with van der Waals surface area (Å²) in [5.74, 6) is 0. The maximum absolute atomic E-state index is 10.00. The van der Waals surface area contributed by atoms with Crippen LogP contribution in [-0.4, -0.2) is 65.1 Å². The predicted molar refractivity (Wildman–Crippen MR) is 62.7 cm³/mol. The van der Waals surface area contributed by atoms with Gasteiger partial charge in [-0.3, -0.25) is 0 Å². The van der Waals surface area contributed by atoms with E-state index in [1.807, 2.05) is 13.8 Å². The molecule has 8 heteroatoms. The van der Waals surface area contributed by atoms with Crippen LogP contribution >= 0.6 is 9.03 Å². The molecule has 1 saturated heterocycles. The van der Waals surface area contributed by atoms with E-state index < -0.39 is 33.6 Å². The lowest BCUT2D eigenvalue weighted by Gasteiger charge is -2.46. The van der Waals surface area contributed by atoms with Crippen LogP contribution in [0.4, 0.5) is 0 Å². The third kappa shape index (κ3) is 3.14. The smallest absolute Gasteiger partial charge is 0.152 e. The molecule has 5 unspecified atom stereocenters. The summed E-state index contributed by atoms with van der Waals surface area (Å²) in [4.78, 5) is 10.2. The molecule has 0 aromatic rings. The van der Waals surface area contributed by atoms with E-state index in [1.54, 1.807) is 12.7 Å². The van der Waals surface area contributed by atoms with Crippen molar-refractivity contribution in [3.63, 3.8) is 0 Å². The maximum Gasteiger partial charge on any atom is 0.152 e. The average Bonchev–Trinajstić information content (AvgIpc) is 2.21. The van der Waals surface area contributed by atoms with Crippen molar-refractivity contribution >= 4 is 16.9 Å². The molecule has 6 nitrogen and oxygen atoms in total. The van der Waals surface area contributed by atoms with Gasteiger partial charge in [-0.15, -0.1) is 0 Å². The molecule has 0 bridgehead atoms. The summed E-state index contributed by atoms with van der Waals surface area (Å²) in [6.45, 7) is 3.88. The Labute approximate surface area is 97.9 Å². The first kappa shape index (κ1) is 14.3. The van der Waals surface area contributed by atoms with E-state index in [0.29, 0.717) is 0 Å². The molecular formula is C8H19BNO5P. The second-order valence-corrected chi connectivity index (χ2v) is 4.62. The van der Waals surface area contributed by atoms with Crippen LogP contribution in [-0.2, 0) is 9.26 Å². The van der Waals surface area contributed by atoms with Crippen LogP contribution < -0.4 is 0 Å². The molecule has 16 heavy (non-hydrogen) atoms. The summed E-state index contributed by atoms with van der Waals surface area (Å²) in [6.07, 6.45) is -2.31. The lowest BCUT2D eigenvalue weighted by molar-refractivity contribution is -0.255. The highest BCUT2D eigenvalue weighted by Gasteiger charge is 2.41. The minimum absolute atomic E-state index is 0.00424. The van der Waals surface area contributed by atoms with Gasteiger partial charge in [0.2, 0.25) is 0 Å². The lowest BCUT2D eigenvalue weighted by Crippen LogP contribution is -2.63. The van der Waals surface area contributed by atoms with Crippen molar-refractivity contribution in [2.75, 3.05) is 6.61 Å². The van der Waals surface area contributed by atoms with Crippen molar-refractivity contribution in [1.82, 2.24) is 4.90 Å². The minimum atomic E-state index is -0.928. The molecule has 0 radical (unpaired) electrons. The molecule has 0 amide bonds. The Kier molecular flexibility index (Phi) is 5.60. The fourth-order valence-corrected chi connectivity index (χ4v) is 2.10. The second-order valence-electron chi connectivity index (χ2n) is 4.15. The van der Waals surface area contributed by atoms with Crippen LogP contribution in [0.1, 0.15) is 13.8 Å². The molecule has 1 rings (SSSR count). The average molecular weight is 251 g/mol. The van der Waals surface area contributed by atoms with Gasteiger partial charge in [0.1, 0.15) is 26.4 Å². The van der Waals surface area contributed by atoms with Crippen molar-refractivity contribution in [3.8, 4) is 0 Å². The number of nitrogens with zero attached hydrogens (tertiary/aromatic N) is 1. The Hall–Kier alpha value is 0.255. The maximum atomic E-state index is 10.00. The van der Waals surface area contributed by atoms with E-state index in [4.69, 9.17) is 14.2 Å². The molecule has 0 aromatic heterocycles. The summed E-state index contributed by atoms with van der Waals surface area (Å²) in [7, 11) is 1.11. The number of rotatable bonds is 4. The van der Waals surface area contributed by atoms with Crippen LogP contribution in [0.3, 0.4) is 0 Å². The fraction of sp³-hybridized carbons (Fsp3) is 1.00. The molecule has 1 heterocycles. The molecule has 0 aromatic carbocycles. The minimum Gasteiger partial charge on any atom is -0.376 e. The molecule has 3 N–H and O–H groups in total. The summed E-state index contributed by atoms with van der Waals surface area (Å²) >= 11 is 0. The van der Waals surface area contributed by atoms with Crippen LogP contribution in [0.15, 0.2) is 0 Å². The van der Waals surface area contributed by atoms with Crippen LogP contribution in [0.25, 0.3) is 0 Å². The van der Waals surface area contributed by atoms with E-state index in [9.17, 15) is 10.2 Å². The zero-order chi connectivity index (χ0) is 12.3. The highest BCUT2D eigenvalue weighted by molar-refractivity contribution is 7.24. The second kappa shape index (κ2) is 6.26. The number of aliphatic hydroxyl groups is 2. The molecule has 1 aliphatic rings. The quantitative estimate of drug-likeness (QED) is 0.404. The summed E-state index contributed by atoms with van der Waals surface area (Å²) in [5, 5.41) is 19.9. The number of aliphatic hydroxyl groups excluding tert-OH is 2. The van der Waals surface area contributed by atoms with E-state index in [0.717, 1.165) is 0 Å². The standard InChI is InChI=1S/C8H19BNO5P/c1-4(2)10-7(11)5(3-14-16-13)15-6(9)8(10)12/h4-8,11-13,16H,3,9H2,1-2H3. The van der Waals surface area contributed by atoms with Gasteiger partial charge < -0.3 is 24.4 Å². The number of ether oxygens (including phenoxy) is 1. The molecule has 5 atom stereocenters. The first-order valence-corrected chi connectivity index (χ1v) is 6.14.